The van der Waals surface area contributed by atoms with Gasteiger partial charge < -0.3 is 14.6 Å². The van der Waals surface area contributed by atoms with Crippen LogP contribution in [0.25, 0.3) is 0 Å². The van der Waals surface area contributed by atoms with Gasteiger partial charge >= 0.3 is 0 Å². The van der Waals surface area contributed by atoms with Crippen molar-refractivity contribution in [2.75, 3.05) is 19.1 Å². The normalized spacial score (nSPS) is 27.8. The molecule has 48 heavy (non-hydrogen) atoms. The Bertz CT molecular complexity index is 1900. The molecular formula is C35H31Cl2N3O8. The van der Waals surface area contributed by atoms with Gasteiger partial charge in [-0.2, -0.15) is 10.1 Å². The van der Waals surface area contributed by atoms with E-state index in [1.807, 2.05) is 6.08 Å². The van der Waals surface area contributed by atoms with Gasteiger partial charge in [0.05, 0.1) is 47.6 Å². The molecule has 6 unspecified atom stereocenters. The average molecular weight is 693 g/mol. The molecule has 7 rings (SSSR count). The zero-order valence-electron chi connectivity index (χ0n) is 25.9. The van der Waals surface area contributed by atoms with Crippen LogP contribution in [0, 0.1) is 23.7 Å². The van der Waals surface area contributed by atoms with Gasteiger partial charge in [-0.3, -0.25) is 29.8 Å². The van der Waals surface area contributed by atoms with Gasteiger partial charge in [-0.15, -0.1) is 0 Å². The highest BCUT2D eigenvalue weighted by molar-refractivity contribution is 6.36. The lowest BCUT2D eigenvalue weighted by Crippen LogP contribution is -2.53. The molecule has 2 aliphatic heterocycles. The van der Waals surface area contributed by atoms with Crippen LogP contribution in [0.3, 0.4) is 0 Å². The van der Waals surface area contributed by atoms with E-state index in [2.05, 4.69) is 5.43 Å². The fourth-order valence-corrected chi connectivity index (χ4v) is 8.67. The molecule has 4 aliphatic rings. The van der Waals surface area contributed by atoms with Crippen LogP contribution in [0.1, 0.15) is 36.8 Å². The molecule has 1 saturated carbocycles. The van der Waals surface area contributed by atoms with E-state index in [1.54, 1.807) is 61.5 Å². The number of carbonyl (C=O) groups is 4. The number of fused-ring (bicyclic) bond motifs is 4. The van der Waals surface area contributed by atoms with E-state index in [-0.39, 0.29) is 46.7 Å². The van der Waals surface area contributed by atoms with E-state index in [1.165, 1.54) is 13.2 Å². The van der Waals surface area contributed by atoms with Crippen molar-refractivity contribution in [3.8, 4) is 17.2 Å². The number of phenols is 1. The van der Waals surface area contributed by atoms with Crippen LogP contribution in [-0.2, 0) is 24.6 Å². The van der Waals surface area contributed by atoms with Crippen molar-refractivity contribution in [2.45, 2.75) is 31.1 Å². The van der Waals surface area contributed by atoms with Crippen LogP contribution >= 0.6 is 23.2 Å². The van der Waals surface area contributed by atoms with Crippen LogP contribution in [0.15, 0.2) is 72.3 Å². The lowest BCUT2D eigenvalue weighted by Gasteiger charge is -2.50. The summed E-state index contributed by atoms with van der Waals surface area (Å²) in [6, 6.07) is 16.4. The van der Waals surface area contributed by atoms with E-state index in [9.17, 15) is 24.7 Å². The van der Waals surface area contributed by atoms with Gasteiger partial charge in [-0.25, -0.2) is 0 Å². The number of methoxy groups -OCH3 is 1. The lowest BCUT2D eigenvalue weighted by atomic mass is 9.49. The number of imide groups is 2. The molecule has 13 heteroatoms. The third kappa shape index (κ3) is 4.52. The first-order valence-electron chi connectivity index (χ1n) is 15.5. The van der Waals surface area contributed by atoms with Gasteiger partial charge in [0, 0.05) is 16.5 Å². The number of benzene rings is 3. The third-order valence-corrected chi connectivity index (χ3v) is 10.7. The lowest BCUT2D eigenvalue weighted by molar-refractivity contribution is -0.173. The van der Waals surface area contributed by atoms with Crippen molar-refractivity contribution >= 4 is 52.5 Å². The second-order valence-corrected chi connectivity index (χ2v) is 13.2. The number of amides is 4. The number of anilines is 1. The quantitative estimate of drug-likeness (QED) is 0.167. The van der Waals surface area contributed by atoms with E-state index in [4.69, 9.17) is 32.7 Å². The number of para-hydroxylation sites is 1. The van der Waals surface area contributed by atoms with Crippen LogP contribution in [0.2, 0.25) is 10.0 Å². The first-order chi connectivity index (χ1) is 23.0. The Balaban J connectivity index is 1.49. The molecule has 0 radical (unpaired) electrons. The molecule has 0 aromatic heterocycles. The number of nitrogens with zero attached hydrogens (tertiary/aromatic N) is 2. The fraction of sp³-hybridized carbons (Fsp3) is 0.314. The van der Waals surface area contributed by atoms with Gasteiger partial charge in [0.15, 0.2) is 11.5 Å². The topological polar surface area (TPSA) is 146 Å². The first-order valence-corrected chi connectivity index (χ1v) is 16.3. The minimum Gasteiger partial charge on any atom is -0.504 e. The predicted molar refractivity (Wildman–Crippen MR) is 174 cm³/mol. The molecule has 0 bridgehead atoms. The van der Waals surface area contributed by atoms with E-state index >= 15 is 4.79 Å². The number of hydrogen-bond donors (Lipinski definition) is 3. The number of aromatic hydroxyl groups is 1. The summed E-state index contributed by atoms with van der Waals surface area (Å²) >= 11 is 12.6. The maximum Gasteiger partial charge on any atom is 0.260 e. The number of nitrogens with one attached hydrogen (secondary N) is 1. The molecular weight excluding hydrogens is 661 g/mol. The predicted octanol–water partition coefficient (Wildman–Crippen LogP) is 5.48. The Morgan fingerprint density at radius 1 is 0.979 bits per heavy atom. The fourth-order valence-electron chi connectivity index (χ4n) is 8.22. The maximum absolute atomic E-state index is 15.2. The van der Waals surface area contributed by atoms with Gasteiger partial charge in [0.25, 0.3) is 23.6 Å². The van der Waals surface area contributed by atoms with Gasteiger partial charge in [-0.1, -0.05) is 59.1 Å². The number of hydrogen-bond acceptors (Lipinski definition) is 9. The Labute approximate surface area is 285 Å². The van der Waals surface area contributed by atoms with Gasteiger partial charge in [0.2, 0.25) is 0 Å². The number of halogens is 2. The summed E-state index contributed by atoms with van der Waals surface area (Å²) in [5.74, 6) is -6.79. The monoisotopic (exact) mass is 691 g/mol. The molecule has 6 atom stereocenters. The highest BCUT2D eigenvalue weighted by Gasteiger charge is 2.70. The van der Waals surface area contributed by atoms with E-state index < -0.39 is 58.6 Å². The SMILES string of the molecule is CCOc1cccc(C2C3=CCC4C(=O)N(O)C(=O)C4C3CC3C(=O)N(Nc4ccc(Cl)cc4Cl)C(=O)C32c2ccc(OC)cc2)c1O. The van der Waals surface area contributed by atoms with Crippen molar-refractivity contribution in [1.29, 1.82) is 0 Å². The van der Waals surface area contributed by atoms with E-state index in [0.29, 0.717) is 27.5 Å². The third-order valence-electron chi connectivity index (χ3n) is 10.2. The number of ether oxygens (including phenoxy) is 2. The minimum atomic E-state index is -1.66. The first kappa shape index (κ1) is 32.0. The highest BCUT2D eigenvalue weighted by atomic mass is 35.5. The molecule has 0 spiro atoms. The van der Waals surface area contributed by atoms with Crippen LogP contribution in [-0.4, -0.2) is 57.7 Å². The van der Waals surface area contributed by atoms with Crippen molar-refractivity contribution in [3.63, 3.8) is 0 Å². The molecule has 2 saturated heterocycles. The molecule has 248 valence electrons. The Kier molecular flexibility index (Phi) is 7.89. The molecule has 2 heterocycles. The number of hydrazine groups is 1. The number of hydroxylamine groups is 2. The summed E-state index contributed by atoms with van der Waals surface area (Å²) in [5, 5.41) is 23.8. The van der Waals surface area contributed by atoms with Crippen LogP contribution in [0.4, 0.5) is 5.69 Å². The number of carbonyl (C=O) groups excluding carboxylic acids is 4. The second-order valence-electron chi connectivity index (χ2n) is 12.3. The number of phenolic OH excluding ortho intramolecular Hbond substituents is 1. The molecule has 11 nitrogen and oxygen atoms in total. The standard InChI is InChI=1S/C35H31Cl2N3O8/c1-3-48-27-6-4-5-22(30(27)41)29-20-12-13-21-28(33(44)40(46)31(21)42)23(20)16-24-32(43)39(38-26-14-9-18(36)15-25(26)37)34(45)35(24,29)17-7-10-19(47-2)11-8-17/h4-12,14-15,21,23-24,28-29,38,41,46H,3,13,16H2,1-2H3. The molecule has 2 aliphatic carbocycles. The summed E-state index contributed by atoms with van der Waals surface area (Å²) < 4.78 is 11.2. The van der Waals surface area contributed by atoms with Crippen molar-refractivity contribution in [1.82, 2.24) is 10.1 Å². The Hall–Kier alpha value is -4.58. The Morgan fingerprint density at radius 3 is 2.42 bits per heavy atom. The zero-order chi connectivity index (χ0) is 34.1. The summed E-state index contributed by atoms with van der Waals surface area (Å²) in [5.41, 5.74) is 2.91. The summed E-state index contributed by atoms with van der Waals surface area (Å²) in [6.07, 6.45) is 1.94. The summed E-state index contributed by atoms with van der Waals surface area (Å²) in [6.45, 7) is 2.03. The molecule has 3 aromatic rings. The second kappa shape index (κ2) is 11.8. The number of allylic oxidation sites excluding steroid dienone is 2. The average Bonchev–Trinajstić information content (AvgIpc) is 3.43. The summed E-state index contributed by atoms with van der Waals surface area (Å²) in [4.78, 5) is 56.3. The van der Waals surface area contributed by atoms with E-state index in [0.717, 1.165) is 5.01 Å². The number of rotatable bonds is 7. The zero-order valence-corrected chi connectivity index (χ0v) is 27.4. The Morgan fingerprint density at radius 2 is 1.73 bits per heavy atom. The van der Waals surface area contributed by atoms with Crippen molar-refractivity contribution in [3.05, 3.63) is 93.5 Å². The van der Waals surface area contributed by atoms with Crippen LogP contribution in [0.5, 0.6) is 17.2 Å². The van der Waals surface area contributed by atoms with Crippen LogP contribution < -0.4 is 14.9 Å². The maximum atomic E-state index is 15.2. The van der Waals surface area contributed by atoms with Gasteiger partial charge in [-0.05, 0) is 67.6 Å². The molecule has 4 amide bonds. The molecule has 3 fully saturated rings. The highest BCUT2D eigenvalue weighted by Crippen LogP contribution is 2.65. The van der Waals surface area contributed by atoms with Crippen molar-refractivity contribution < 1.29 is 39.0 Å². The molecule has 3 aromatic carbocycles. The van der Waals surface area contributed by atoms with Gasteiger partial charge in [0.1, 0.15) is 5.75 Å². The minimum absolute atomic E-state index is 0.00536. The summed E-state index contributed by atoms with van der Waals surface area (Å²) in [7, 11) is 1.51. The smallest absolute Gasteiger partial charge is 0.260 e. The largest absolute Gasteiger partial charge is 0.504 e. The van der Waals surface area contributed by atoms with Crippen molar-refractivity contribution in [2.24, 2.45) is 23.7 Å². The molecule has 3 N–H and O–H groups in total.